The van der Waals surface area contributed by atoms with Crippen molar-refractivity contribution in [2.45, 2.75) is 84.7 Å². The summed E-state index contributed by atoms with van der Waals surface area (Å²) in [5.41, 5.74) is 7.54. The largest absolute Gasteiger partial charge is 0.391 e. The summed E-state index contributed by atoms with van der Waals surface area (Å²) in [5, 5.41) is 13.2. The molecule has 0 aromatic carbocycles. The Morgan fingerprint density at radius 1 is 1.37 bits per heavy atom. The average Bonchev–Trinajstić information content (AvgIpc) is 3.06. The monoisotopic (exact) mass is 440 g/mol. The van der Waals surface area contributed by atoms with Gasteiger partial charge in [0.05, 0.1) is 23.7 Å². The van der Waals surface area contributed by atoms with E-state index in [-0.39, 0.29) is 42.8 Å². The average molecular weight is 441 g/mol. The molecule has 0 aliphatic carbocycles. The molecule has 0 saturated carbocycles. The predicted octanol–water partition coefficient (Wildman–Crippen LogP) is 2.19. The van der Waals surface area contributed by atoms with E-state index >= 15 is 0 Å². The number of aliphatic hydroxyl groups is 1. The number of hydrogen-bond donors (Lipinski definition) is 3. The van der Waals surface area contributed by atoms with E-state index in [0.29, 0.717) is 0 Å². The lowest BCUT2D eigenvalue weighted by Gasteiger charge is -2.34. The lowest BCUT2D eigenvalue weighted by atomic mass is 9.86. The summed E-state index contributed by atoms with van der Waals surface area (Å²) in [5.74, 6) is -0.434. The van der Waals surface area contributed by atoms with E-state index in [9.17, 15) is 14.7 Å². The molecule has 0 aromatic heterocycles. The highest BCUT2D eigenvalue weighted by Crippen LogP contribution is 2.25. The fraction of sp³-hybridized carbons (Fsp3) is 0.773. The van der Waals surface area contributed by atoms with E-state index in [1.54, 1.807) is 11.8 Å². The van der Waals surface area contributed by atoms with Crippen molar-refractivity contribution in [3.8, 4) is 0 Å². The molecular formula is C22H40N4O3S. The molecule has 30 heavy (non-hydrogen) atoms. The smallest absolute Gasteiger partial charge is 0.243 e. The Labute approximate surface area is 185 Å². The minimum absolute atomic E-state index is 0.0326. The van der Waals surface area contributed by atoms with Crippen LogP contribution in [-0.4, -0.2) is 70.4 Å². The quantitative estimate of drug-likeness (QED) is 0.289. The van der Waals surface area contributed by atoms with Gasteiger partial charge in [-0.2, -0.15) is 0 Å². The summed E-state index contributed by atoms with van der Waals surface area (Å²) < 4.78 is 0. The molecule has 172 valence electrons. The van der Waals surface area contributed by atoms with E-state index in [0.717, 1.165) is 6.42 Å². The molecule has 0 radical (unpaired) electrons. The maximum atomic E-state index is 13.1. The van der Waals surface area contributed by atoms with Gasteiger partial charge in [-0.3, -0.25) is 14.6 Å². The maximum Gasteiger partial charge on any atom is 0.243 e. The van der Waals surface area contributed by atoms with E-state index in [2.05, 4.69) is 16.4 Å². The first kappa shape index (κ1) is 26.7. The number of rotatable bonds is 9. The van der Waals surface area contributed by atoms with Crippen molar-refractivity contribution in [3.63, 3.8) is 0 Å². The molecule has 4 N–H and O–H groups in total. The third kappa shape index (κ3) is 7.39. The molecule has 0 aromatic rings. The Hall–Kier alpha value is -1.38. The number of nitrogens with one attached hydrogen (secondary N) is 1. The molecule has 0 spiro atoms. The van der Waals surface area contributed by atoms with E-state index in [4.69, 9.17) is 5.73 Å². The van der Waals surface area contributed by atoms with Gasteiger partial charge in [0.25, 0.3) is 0 Å². The summed E-state index contributed by atoms with van der Waals surface area (Å²) in [6, 6.07) is -1.56. The standard InChI is InChI=1S/C22H40N4O3S/c1-8-9-10-17(14(2)24-13-30-7)15(3)25-20(28)18-11-16(27)12-26(18)21(29)19(23)22(4,5)6/h8-9,13-19,27H,10-12,23H2,1-7H3,(H,25,28)/b9-8-,24-13?/t14?,15?,16-,17-,18+,19-/m1/s1. The number of carbonyl (C=O) groups is 2. The van der Waals surface area contributed by atoms with Crippen LogP contribution in [-0.2, 0) is 9.59 Å². The van der Waals surface area contributed by atoms with E-state index in [1.807, 2.05) is 59.4 Å². The summed E-state index contributed by atoms with van der Waals surface area (Å²) in [7, 11) is 0. The van der Waals surface area contributed by atoms with Crippen molar-refractivity contribution in [3.05, 3.63) is 12.2 Å². The van der Waals surface area contributed by atoms with Crippen LogP contribution in [0.3, 0.4) is 0 Å². The van der Waals surface area contributed by atoms with Crippen LogP contribution in [0.1, 0.15) is 54.4 Å². The molecule has 1 saturated heterocycles. The van der Waals surface area contributed by atoms with Gasteiger partial charge in [0.1, 0.15) is 6.04 Å². The highest BCUT2D eigenvalue weighted by molar-refractivity contribution is 8.11. The lowest BCUT2D eigenvalue weighted by molar-refractivity contribution is -0.141. The van der Waals surface area contributed by atoms with Gasteiger partial charge in [0, 0.05) is 24.9 Å². The fourth-order valence-electron chi connectivity index (χ4n) is 3.66. The number of nitrogens with zero attached hydrogens (tertiary/aromatic N) is 2. The molecule has 1 fully saturated rings. The maximum absolute atomic E-state index is 13.1. The SMILES string of the molecule is C/C=C\C[C@H](C(C)N=CSC)C(C)NC(=O)[C@@H]1C[C@@H](O)CN1C(=O)[C@@H](N)C(C)(C)C. The van der Waals surface area contributed by atoms with Crippen LogP contribution in [0.4, 0.5) is 0 Å². The number of carbonyl (C=O) groups excluding carboxylic acids is 2. The molecule has 2 unspecified atom stereocenters. The zero-order valence-corrected chi connectivity index (χ0v) is 20.3. The van der Waals surface area contributed by atoms with Crippen LogP contribution in [0.15, 0.2) is 17.1 Å². The Balaban J connectivity index is 2.95. The third-order valence-electron chi connectivity index (χ3n) is 5.74. The Morgan fingerprint density at radius 3 is 2.53 bits per heavy atom. The summed E-state index contributed by atoms with van der Waals surface area (Å²) >= 11 is 1.54. The summed E-state index contributed by atoms with van der Waals surface area (Å²) in [6.07, 6.45) is 6.32. The van der Waals surface area contributed by atoms with Crippen molar-refractivity contribution in [2.75, 3.05) is 12.8 Å². The number of aliphatic imine (C=N–C) groups is 1. The van der Waals surface area contributed by atoms with Gasteiger partial charge in [0.2, 0.25) is 11.8 Å². The van der Waals surface area contributed by atoms with Gasteiger partial charge >= 0.3 is 0 Å². The number of amides is 2. The molecule has 6 atom stereocenters. The second-order valence-electron chi connectivity index (χ2n) is 9.24. The molecule has 1 aliphatic rings. The summed E-state index contributed by atoms with van der Waals surface area (Å²) in [6.45, 7) is 11.8. The molecular weight excluding hydrogens is 400 g/mol. The van der Waals surface area contributed by atoms with Crippen molar-refractivity contribution < 1.29 is 14.7 Å². The highest BCUT2D eigenvalue weighted by Gasteiger charge is 2.43. The Kier molecular flexibility index (Phi) is 10.5. The molecule has 1 heterocycles. The predicted molar refractivity (Wildman–Crippen MR) is 126 cm³/mol. The molecule has 0 bridgehead atoms. The summed E-state index contributed by atoms with van der Waals surface area (Å²) in [4.78, 5) is 32.0. The van der Waals surface area contributed by atoms with Gasteiger partial charge < -0.3 is 21.1 Å². The van der Waals surface area contributed by atoms with Crippen LogP contribution in [0.2, 0.25) is 0 Å². The molecule has 8 heteroatoms. The first-order chi connectivity index (χ1) is 13.9. The normalized spacial score (nSPS) is 24.2. The molecule has 2 amide bonds. The number of β-amino-alcohol motifs (C(OH)–C–C–N with tert-alkyl or cyclic N) is 1. The van der Waals surface area contributed by atoms with Gasteiger partial charge in [-0.15, -0.1) is 11.8 Å². The van der Waals surface area contributed by atoms with E-state index < -0.39 is 23.6 Å². The number of nitrogens with two attached hydrogens (primary N) is 1. The number of aliphatic hydroxyl groups excluding tert-OH is 1. The second kappa shape index (κ2) is 11.9. The van der Waals surface area contributed by atoms with Crippen molar-refractivity contribution >= 4 is 29.1 Å². The van der Waals surface area contributed by atoms with Crippen LogP contribution >= 0.6 is 11.8 Å². The number of hydrogen-bond acceptors (Lipinski definition) is 6. The minimum atomic E-state index is -0.737. The van der Waals surface area contributed by atoms with Crippen molar-refractivity contribution in [1.29, 1.82) is 0 Å². The first-order valence-corrected chi connectivity index (χ1v) is 11.9. The van der Waals surface area contributed by atoms with Gasteiger partial charge in [-0.05, 0) is 38.9 Å². The first-order valence-electron chi connectivity index (χ1n) is 10.6. The molecule has 7 nitrogen and oxygen atoms in total. The highest BCUT2D eigenvalue weighted by atomic mass is 32.2. The fourth-order valence-corrected chi connectivity index (χ4v) is 3.98. The van der Waals surface area contributed by atoms with Gasteiger partial charge in [-0.25, -0.2) is 0 Å². The Bertz CT molecular complexity index is 632. The van der Waals surface area contributed by atoms with Gasteiger partial charge in [-0.1, -0.05) is 32.9 Å². The Morgan fingerprint density at radius 2 is 2.00 bits per heavy atom. The number of thioether (sulfide) groups is 1. The van der Waals surface area contributed by atoms with Crippen LogP contribution < -0.4 is 11.1 Å². The van der Waals surface area contributed by atoms with Gasteiger partial charge in [0.15, 0.2) is 0 Å². The molecule has 1 aliphatic heterocycles. The van der Waals surface area contributed by atoms with Crippen LogP contribution in [0, 0.1) is 11.3 Å². The van der Waals surface area contributed by atoms with Crippen LogP contribution in [0.5, 0.6) is 0 Å². The topological polar surface area (TPSA) is 108 Å². The second-order valence-corrected chi connectivity index (χ2v) is 9.92. The zero-order valence-electron chi connectivity index (χ0n) is 19.5. The lowest BCUT2D eigenvalue weighted by Crippen LogP contribution is -2.56. The number of likely N-dealkylation sites (tertiary alicyclic amines) is 1. The zero-order chi connectivity index (χ0) is 23.1. The number of allylic oxidation sites excluding steroid dienone is 2. The third-order valence-corrected chi connectivity index (χ3v) is 6.07. The molecule has 1 rings (SSSR count). The van der Waals surface area contributed by atoms with Crippen molar-refractivity contribution in [2.24, 2.45) is 22.1 Å². The van der Waals surface area contributed by atoms with Crippen molar-refractivity contribution in [1.82, 2.24) is 10.2 Å². The minimum Gasteiger partial charge on any atom is -0.391 e. The van der Waals surface area contributed by atoms with Crippen LogP contribution in [0.25, 0.3) is 0 Å². The van der Waals surface area contributed by atoms with E-state index in [1.165, 1.54) is 4.90 Å².